The van der Waals surface area contributed by atoms with E-state index in [9.17, 15) is 4.79 Å². The van der Waals surface area contributed by atoms with Gasteiger partial charge in [0.1, 0.15) is 0 Å². The van der Waals surface area contributed by atoms with Gasteiger partial charge in [-0.05, 0) is 18.9 Å². The summed E-state index contributed by atoms with van der Waals surface area (Å²) in [7, 11) is 1.96. The van der Waals surface area contributed by atoms with Crippen molar-refractivity contribution in [3.63, 3.8) is 0 Å². The average Bonchev–Trinajstić information content (AvgIpc) is 2.11. The van der Waals surface area contributed by atoms with Gasteiger partial charge in [-0.3, -0.25) is 0 Å². The van der Waals surface area contributed by atoms with Gasteiger partial charge in [0.05, 0.1) is 6.54 Å². The number of isocyanates is 1. The minimum absolute atomic E-state index is 0.568. The standard InChI is InChI=1S/C7H15NO3Si/c1-10-12(11-2)6-4-3-5-8-7-9/h12H,3-6H2,1-2H3. The summed E-state index contributed by atoms with van der Waals surface area (Å²) in [6, 6.07) is 0.974. The molecule has 0 saturated carbocycles. The fourth-order valence-electron chi connectivity index (χ4n) is 0.879. The van der Waals surface area contributed by atoms with Crippen LogP contribution < -0.4 is 0 Å². The topological polar surface area (TPSA) is 47.9 Å². The molecule has 0 aromatic carbocycles. The van der Waals surface area contributed by atoms with E-state index in [4.69, 9.17) is 8.85 Å². The van der Waals surface area contributed by atoms with Crippen LogP contribution in [0.2, 0.25) is 6.04 Å². The van der Waals surface area contributed by atoms with Crippen LogP contribution >= 0.6 is 0 Å². The van der Waals surface area contributed by atoms with Crippen molar-refractivity contribution in [2.45, 2.75) is 18.9 Å². The summed E-state index contributed by atoms with van der Waals surface area (Å²) in [5, 5.41) is 0. The van der Waals surface area contributed by atoms with Crippen LogP contribution in [0.25, 0.3) is 0 Å². The van der Waals surface area contributed by atoms with Gasteiger partial charge < -0.3 is 8.85 Å². The normalized spacial score (nSPS) is 9.92. The average molecular weight is 189 g/mol. The van der Waals surface area contributed by atoms with Crippen molar-refractivity contribution in [1.82, 2.24) is 0 Å². The molecule has 0 saturated heterocycles. The van der Waals surface area contributed by atoms with Gasteiger partial charge in [-0.1, -0.05) is 0 Å². The van der Waals surface area contributed by atoms with E-state index < -0.39 is 9.28 Å². The van der Waals surface area contributed by atoms with Crippen molar-refractivity contribution in [2.24, 2.45) is 4.99 Å². The van der Waals surface area contributed by atoms with E-state index in [1.165, 1.54) is 6.08 Å². The minimum atomic E-state index is -1.38. The molecule has 0 bridgehead atoms. The SMILES string of the molecule is CO[SiH](CCCCN=C=O)OC. The fraction of sp³-hybridized carbons (Fsp3) is 0.857. The summed E-state index contributed by atoms with van der Waals surface area (Å²) in [6.07, 6.45) is 3.42. The first-order valence-electron chi connectivity index (χ1n) is 3.94. The molecule has 70 valence electrons. The van der Waals surface area contributed by atoms with Gasteiger partial charge >= 0.3 is 9.28 Å². The lowest BCUT2D eigenvalue weighted by molar-refractivity contribution is 0.276. The highest BCUT2D eigenvalue weighted by atomic mass is 28.3. The molecule has 0 aromatic heterocycles. The number of aliphatic imine (C=N–C) groups is 1. The molecule has 0 atom stereocenters. The van der Waals surface area contributed by atoms with Gasteiger partial charge in [0.15, 0.2) is 0 Å². The summed E-state index contributed by atoms with van der Waals surface area (Å²) in [5.74, 6) is 0. The Balaban J connectivity index is 3.22. The number of hydrogen-bond acceptors (Lipinski definition) is 4. The molecule has 0 fully saturated rings. The lowest BCUT2D eigenvalue weighted by Crippen LogP contribution is -2.18. The lowest BCUT2D eigenvalue weighted by atomic mass is 10.3. The molecule has 0 aliphatic heterocycles. The van der Waals surface area contributed by atoms with E-state index in [0.717, 1.165) is 18.9 Å². The van der Waals surface area contributed by atoms with E-state index in [-0.39, 0.29) is 0 Å². The van der Waals surface area contributed by atoms with Crippen LogP contribution in [0.1, 0.15) is 12.8 Å². The van der Waals surface area contributed by atoms with Gasteiger partial charge in [0.2, 0.25) is 6.08 Å². The summed E-state index contributed by atoms with van der Waals surface area (Å²) >= 11 is 0. The summed E-state index contributed by atoms with van der Waals surface area (Å²) < 4.78 is 10.2. The molecule has 0 rings (SSSR count). The zero-order valence-corrected chi connectivity index (χ0v) is 8.73. The van der Waals surface area contributed by atoms with Crippen molar-refractivity contribution >= 4 is 15.4 Å². The Kier molecular flexibility index (Phi) is 8.27. The number of unbranched alkanes of at least 4 members (excludes halogenated alkanes) is 1. The van der Waals surface area contributed by atoms with Crippen LogP contribution in [-0.4, -0.2) is 36.1 Å². The molecule has 0 aliphatic rings. The predicted molar refractivity (Wildman–Crippen MR) is 48.2 cm³/mol. The number of carbonyl (C=O) groups excluding carboxylic acids is 1. The van der Waals surface area contributed by atoms with Gasteiger partial charge in [-0.25, -0.2) is 9.79 Å². The molecular weight excluding hydrogens is 174 g/mol. The van der Waals surface area contributed by atoms with Crippen LogP contribution in [0, 0.1) is 0 Å². The van der Waals surface area contributed by atoms with Crippen LogP contribution in [0.5, 0.6) is 0 Å². The van der Waals surface area contributed by atoms with Crippen molar-refractivity contribution in [3.05, 3.63) is 0 Å². The maximum Gasteiger partial charge on any atom is 0.320 e. The van der Waals surface area contributed by atoms with Gasteiger partial charge in [0, 0.05) is 14.2 Å². The highest BCUT2D eigenvalue weighted by molar-refractivity contribution is 6.44. The van der Waals surface area contributed by atoms with Crippen LogP contribution in [0.4, 0.5) is 0 Å². The molecule has 4 nitrogen and oxygen atoms in total. The second-order valence-corrected chi connectivity index (χ2v) is 4.75. The number of hydrogen-bond donors (Lipinski definition) is 0. The summed E-state index contributed by atoms with van der Waals surface area (Å²) in [6.45, 7) is 0.568. The van der Waals surface area contributed by atoms with Gasteiger partial charge in [-0.15, -0.1) is 0 Å². The highest BCUT2D eigenvalue weighted by Gasteiger charge is 2.07. The Morgan fingerprint density at radius 1 is 1.33 bits per heavy atom. The Hall–Kier alpha value is -0.483. The Bertz CT molecular complexity index is 144. The quantitative estimate of drug-likeness (QED) is 0.255. The predicted octanol–water partition coefficient (Wildman–Crippen LogP) is 0.616. The number of nitrogens with zero attached hydrogens (tertiary/aromatic N) is 1. The van der Waals surface area contributed by atoms with Gasteiger partial charge in [-0.2, -0.15) is 0 Å². The Labute approximate surface area is 74.4 Å². The number of rotatable bonds is 7. The minimum Gasteiger partial charge on any atom is -0.400 e. The first kappa shape index (κ1) is 11.5. The molecule has 12 heavy (non-hydrogen) atoms. The molecule has 0 heterocycles. The largest absolute Gasteiger partial charge is 0.400 e. The molecule has 0 aliphatic carbocycles. The second-order valence-electron chi connectivity index (χ2n) is 2.37. The van der Waals surface area contributed by atoms with Crippen molar-refractivity contribution in [3.8, 4) is 0 Å². The lowest BCUT2D eigenvalue weighted by Gasteiger charge is -2.09. The third kappa shape index (κ3) is 6.24. The van der Waals surface area contributed by atoms with E-state index >= 15 is 0 Å². The third-order valence-corrected chi connectivity index (χ3v) is 3.48. The molecular formula is C7H15NO3Si. The highest BCUT2D eigenvalue weighted by Crippen LogP contribution is 2.02. The molecule has 5 heteroatoms. The van der Waals surface area contributed by atoms with E-state index in [2.05, 4.69) is 4.99 Å². The summed E-state index contributed by atoms with van der Waals surface area (Å²) in [4.78, 5) is 13.1. The van der Waals surface area contributed by atoms with E-state index in [1.54, 1.807) is 14.2 Å². The monoisotopic (exact) mass is 189 g/mol. The zero-order chi connectivity index (χ0) is 9.23. The Morgan fingerprint density at radius 3 is 2.50 bits per heavy atom. The van der Waals surface area contributed by atoms with E-state index in [1.807, 2.05) is 0 Å². The molecule has 0 N–H and O–H groups in total. The Morgan fingerprint density at radius 2 is 2.00 bits per heavy atom. The van der Waals surface area contributed by atoms with Crippen molar-refractivity contribution < 1.29 is 13.6 Å². The fourth-order valence-corrected chi connectivity index (χ4v) is 2.17. The van der Waals surface area contributed by atoms with Crippen LogP contribution in [-0.2, 0) is 13.6 Å². The third-order valence-electron chi connectivity index (χ3n) is 1.55. The van der Waals surface area contributed by atoms with Gasteiger partial charge in [0.25, 0.3) is 0 Å². The molecule has 0 amide bonds. The van der Waals surface area contributed by atoms with Crippen molar-refractivity contribution in [2.75, 3.05) is 20.8 Å². The van der Waals surface area contributed by atoms with Crippen LogP contribution in [0.3, 0.4) is 0 Å². The van der Waals surface area contributed by atoms with Crippen LogP contribution in [0.15, 0.2) is 4.99 Å². The van der Waals surface area contributed by atoms with Crippen molar-refractivity contribution in [1.29, 1.82) is 0 Å². The van der Waals surface area contributed by atoms with E-state index in [0.29, 0.717) is 6.54 Å². The molecule has 0 unspecified atom stereocenters. The molecule has 0 spiro atoms. The first-order chi connectivity index (χ1) is 5.85. The molecule has 0 aromatic rings. The maximum absolute atomic E-state index is 9.68. The maximum atomic E-state index is 9.68. The first-order valence-corrected chi connectivity index (χ1v) is 5.70. The zero-order valence-electron chi connectivity index (χ0n) is 7.58. The second kappa shape index (κ2) is 8.61. The summed E-state index contributed by atoms with van der Waals surface area (Å²) in [5.41, 5.74) is 0. The molecule has 0 radical (unpaired) electrons. The smallest absolute Gasteiger partial charge is 0.320 e.